The van der Waals surface area contributed by atoms with Gasteiger partial charge in [-0.15, -0.1) is 0 Å². The molecule has 11 heteroatoms. The Bertz CT molecular complexity index is 2640. The highest BCUT2D eigenvalue weighted by atomic mass is 16.6. The number of amides is 1. The van der Waals surface area contributed by atoms with Gasteiger partial charge in [0.1, 0.15) is 53.9 Å². The summed E-state index contributed by atoms with van der Waals surface area (Å²) < 4.78 is 36.5. The van der Waals surface area contributed by atoms with Gasteiger partial charge < -0.3 is 38.5 Å². The molecule has 11 nitrogen and oxygen atoms in total. The number of fused-ring (bicyclic) bond motifs is 1. The first-order chi connectivity index (χ1) is 29.5. The molecule has 1 amide bonds. The summed E-state index contributed by atoms with van der Waals surface area (Å²) in [6.07, 6.45) is -0.853. The Balaban J connectivity index is 1.32. The van der Waals surface area contributed by atoms with Crippen molar-refractivity contribution in [1.82, 2.24) is 5.32 Å². The van der Waals surface area contributed by atoms with Gasteiger partial charge in [-0.3, -0.25) is 4.79 Å². The second-order valence-electron chi connectivity index (χ2n) is 15.2. The van der Waals surface area contributed by atoms with Gasteiger partial charge in [-0.25, -0.2) is 9.59 Å². The number of alkyl carbamates (subject to hydrolysis) is 1. The number of phenols is 1. The number of carbonyl (C=O) groups excluding carboxylic acids is 2. The zero-order valence-corrected chi connectivity index (χ0v) is 34.0. The molecule has 1 aromatic heterocycles. The van der Waals surface area contributed by atoms with Crippen LogP contribution >= 0.6 is 0 Å². The first-order valence-electron chi connectivity index (χ1n) is 19.7. The van der Waals surface area contributed by atoms with Gasteiger partial charge >= 0.3 is 12.1 Å². The minimum absolute atomic E-state index is 0.00541. The molecule has 0 bridgehead atoms. The largest absolute Gasteiger partial charge is 0.507 e. The van der Waals surface area contributed by atoms with Gasteiger partial charge in [-0.1, -0.05) is 121 Å². The Morgan fingerprint density at radius 1 is 0.656 bits per heavy atom. The molecule has 1 heterocycles. The van der Waals surface area contributed by atoms with Crippen LogP contribution in [0.4, 0.5) is 4.79 Å². The molecule has 0 saturated heterocycles. The van der Waals surface area contributed by atoms with Crippen molar-refractivity contribution in [2.75, 3.05) is 0 Å². The smallest absolute Gasteiger partial charge is 0.408 e. The van der Waals surface area contributed by atoms with Crippen LogP contribution < -0.4 is 29.7 Å². The van der Waals surface area contributed by atoms with Crippen LogP contribution in [0.1, 0.15) is 43.0 Å². The van der Waals surface area contributed by atoms with E-state index >= 15 is 0 Å². The van der Waals surface area contributed by atoms with E-state index < -0.39 is 40.6 Å². The van der Waals surface area contributed by atoms with Crippen molar-refractivity contribution in [2.24, 2.45) is 0 Å². The molecule has 61 heavy (non-hydrogen) atoms. The van der Waals surface area contributed by atoms with Crippen molar-refractivity contribution in [3.05, 3.63) is 184 Å². The molecule has 0 aliphatic heterocycles. The lowest BCUT2D eigenvalue weighted by Gasteiger charge is -2.23. The number of esters is 1. The quantitative estimate of drug-likeness (QED) is 0.0960. The highest BCUT2D eigenvalue weighted by Crippen LogP contribution is 2.40. The Hall–Kier alpha value is -7.53. The number of aromatic hydroxyl groups is 1. The molecular formula is C50H45NO10. The number of benzene rings is 6. The number of rotatable bonds is 15. The van der Waals surface area contributed by atoms with Gasteiger partial charge in [0.15, 0.2) is 17.3 Å². The van der Waals surface area contributed by atoms with Crippen molar-refractivity contribution in [3.8, 4) is 40.1 Å². The summed E-state index contributed by atoms with van der Waals surface area (Å²) in [5.74, 6) is -1.16. The number of phenolic OH excluding ortho intramolecular Hbond substituents is 1. The lowest BCUT2D eigenvalue weighted by molar-refractivity contribution is -0.136. The molecule has 7 rings (SSSR count). The summed E-state index contributed by atoms with van der Waals surface area (Å²) in [5.41, 5.74) is 1.96. The standard InChI is InChI=1S/C50H45NO10/c1-50(2,3)61-49(55)51-39(26-33-16-8-4-9-17-33)48(54)60-47-45(53)44-40(52)28-38(56-30-34-18-10-5-11-19-34)29-43(44)59-46(47)37-24-25-41(57-31-35-20-12-6-13-21-35)42(27-37)58-32-36-22-14-7-15-23-36/h4-25,27-29,39,52H,26,30-32H2,1-3H3,(H,51,55)/t39-/m0/s1. The Labute approximate surface area is 353 Å². The third-order valence-corrected chi connectivity index (χ3v) is 9.30. The lowest BCUT2D eigenvalue weighted by atomic mass is 10.1. The van der Waals surface area contributed by atoms with E-state index in [9.17, 15) is 19.5 Å². The maximum atomic E-state index is 14.6. The summed E-state index contributed by atoms with van der Waals surface area (Å²) in [6, 6.07) is 44.1. The second kappa shape index (κ2) is 19.0. The molecule has 0 unspecified atom stereocenters. The monoisotopic (exact) mass is 819 g/mol. The average Bonchev–Trinajstić information content (AvgIpc) is 3.25. The van der Waals surface area contributed by atoms with E-state index in [2.05, 4.69) is 5.32 Å². The lowest BCUT2D eigenvalue weighted by Crippen LogP contribution is -2.46. The van der Waals surface area contributed by atoms with Crippen LogP contribution in [-0.4, -0.2) is 28.8 Å². The Kier molecular flexibility index (Phi) is 13.0. The van der Waals surface area contributed by atoms with E-state index in [4.69, 9.17) is 28.1 Å². The van der Waals surface area contributed by atoms with Gasteiger partial charge in [-0.05, 0) is 61.2 Å². The number of hydrogen-bond donors (Lipinski definition) is 2. The van der Waals surface area contributed by atoms with Crippen molar-refractivity contribution >= 4 is 23.0 Å². The van der Waals surface area contributed by atoms with Crippen LogP contribution in [0.2, 0.25) is 0 Å². The molecule has 0 radical (unpaired) electrons. The molecule has 2 N–H and O–H groups in total. The summed E-state index contributed by atoms with van der Waals surface area (Å²) >= 11 is 0. The van der Waals surface area contributed by atoms with E-state index in [0.29, 0.717) is 17.1 Å². The highest BCUT2D eigenvalue weighted by Gasteiger charge is 2.30. The van der Waals surface area contributed by atoms with E-state index in [1.165, 1.54) is 12.1 Å². The molecular weight excluding hydrogens is 775 g/mol. The Morgan fingerprint density at radius 3 is 1.74 bits per heavy atom. The van der Waals surface area contributed by atoms with Gasteiger partial charge in [0.05, 0.1) is 0 Å². The van der Waals surface area contributed by atoms with Crippen molar-refractivity contribution in [2.45, 2.75) is 58.7 Å². The molecule has 0 aliphatic rings. The number of nitrogens with one attached hydrogen (secondary N) is 1. The SMILES string of the molecule is CC(C)(C)OC(=O)N[C@@H](Cc1ccccc1)C(=O)Oc1c(-c2ccc(OCc3ccccc3)c(OCc3ccccc3)c2)oc2cc(OCc3ccccc3)cc(O)c2c1=O. The second-order valence-corrected chi connectivity index (χ2v) is 15.2. The van der Waals surface area contributed by atoms with Crippen LogP contribution in [-0.2, 0) is 35.8 Å². The van der Waals surface area contributed by atoms with E-state index in [1.807, 2.05) is 97.1 Å². The first-order valence-corrected chi connectivity index (χ1v) is 19.7. The zero-order valence-electron chi connectivity index (χ0n) is 34.0. The minimum Gasteiger partial charge on any atom is -0.507 e. The first kappa shape index (κ1) is 41.6. The van der Waals surface area contributed by atoms with E-state index in [1.54, 1.807) is 63.2 Å². The van der Waals surface area contributed by atoms with Crippen LogP contribution in [0, 0.1) is 0 Å². The summed E-state index contributed by atoms with van der Waals surface area (Å²) in [5, 5.41) is 13.7. The van der Waals surface area contributed by atoms with Gasteiger partial charge in [0, 0.05) is 24.1 Å². The molecule has 0 fully saturated rings. The van der Waals surface area contributed by atoms with E-state index in [-0.39, 0.29) is 54.3 Å². The fourth-order valence-electron chi connectivity index (χ4n) is 6.38. The maximum absolute atomic E-state index is 14.6. The molecule has 7 aromatic rings. The number of hydrogen-bond acceptors (Lipinski definition) is 10. The van der Waals surface area contributed by atoms with Crippen molar-refractivity contribution in [3.63, 3.8) is 0 Å². The Morgan fingerprint density at radius 2 is 1.18 bits per heavy atom. The maximum Gasteiger partial charge on any atom is 0.408 e. The molecule has 6 aromatic carbocycles. The minimum atomic E-state index is -1.30. The fourth-order valence-corrected chi connectivity index (χ4v) is 6.38. The third-order valence-electron chi connectivity index (χ3n) is 9.30. The predicted octanol–water partition coefficient (Wildman–Crippen LogP) is 9.94. The third kappa shape index (κ3) is 11.2. The predicted molar refractivity (Wildman–Crippen MR) is 231 cm³/mol. The van der Waals surface area contributed by atoms with Crippen LogP contribution in [0.25, 0.3) is 22.3 Å². The molecule has 0 saturated carbocycles. The van der Waals surface area contributed by atoms with Gasteiger partial charge in [0.25, 0.3) is 0 Å². The zero-order chi connectivity index (χ0) is 42.8. The summed E-state index contributed by atoms with van der Waals surface area (Å²) in [7, 11) is 0. The summed E-state index contributed by atoms with van der Waals surface area (Å²) in [6.45, 7) is 5.70. The van der Waals surface area contributed by atoms with Gasteiger partial charge in [-0.2, -0.15) is 0 Å². The number of ether oxygens (including phenoxy) is 5. The summed E-state index contributed by atoms with van der Waals surface area (Å²) in [4.78, 5) is 41.9. The fraction of sp³-hybridized carbons (Fsp3) is 0.180. The van der Waals surface area contributed by atoms with Crippen molar-refractivity contribution in [1.29, 1.82) is 0 Å². The van der Waals surface area contributed by atoms with Crippen LogP contribution in [0.15, 0.2) is 161 Å². The normalized spacial score (nSPS) is 11.7. The molecule has 0 spiro atoms. The molecule has 0 aliphatic carbocycles. The molecule has 1 atom stereocenters. The van der Waals surface area contributed by atoms with Gasteiger partial charge in [0.2, 0.25) is 11.2 Å². The highest BCUT2D eigenvalue weighted by molar-refractivity contribution is 5.91. The average molecular weight is 820 g/mol. The van der Waals surface area contributed by atoms with Crippen LogP contribution in [0.3, 0.4) is 0 Å². The van der Waals surface area contributed by atoms with Crippen molar-refractivity contribution < 1.29 is 42.8 Å². The molecule has 310 valence electrons. The topological polar surface area (TPSA) is 143 Å². The number of carbonyl (C=O) groups is 2. The van der Waals surface area contributed by atoms with Crippen LogP contribution in [0.5, 0.6) is 28.7 Å². The van der Waals surface area contributed by atoms with E-state index in [0.717, 1.165) is 16.7 Å².